The average Bonchev–Trinajstić information content (AvgIpc) is 3.13. The van der Waals surface area contributed by atoms with Crippen molar-refractivity contribution in [1.82, 2.24) is 15.3 Å². The third-order valence-electron chi connectivity index (χ3n) is 3.50. The molecule has 0 saturated carbocycles. The molecule has 1 amide bonds. The van der Waals surface area contributed by atoms with E-state index < -0.39 is 0 Å². The number of hydrogen-bond donors (Lipinski definition) is 2. The van der Waals surface area contributed by atoms with Crippen molar-refractivity contribution in [2.45, 2.75) is 6.42 Å². The molecule has 2 aromatic rings. The number of amidine groups is 1. The molecule has 22 heavy (non-hydrogen) atoms. The van der Waals surface area contributed by atoms with Crippen LogP contribution in [-0.4, -0.2) is 28.0 Å². The SMILES string of the molecule is O=C1CC=NN1C1=NC=CNC1=Cc1cc2ccccc2[nH]1. The number of para-hydroxylation sites is 1. The molecule has 0 spiro atoms. The third kappa shape index (κ3) is 2.10. The molecule has 0 unspecified atom stereocenters. The van der Waals surface area contributed by atoms with Gasteiger partial charge in [-0.15, -0.1) is 0 Å². The molecule has 6 heteroatoms. The zero-order valence-corrected chi connectivity index (χ0v) is 11.7. The summed E-state index contributed by atoms with van der Waals surface area (Å²) in [6, 6.07) is 10.1. The number of carbonyl (C=O) groups excluding carboxylic acids is 1. The molecule has 1 aromatic carbocycles. The summed E-state index contributed by atoms with van der Waals surface area (Å²) in [7, 11) is 0. The molecule has 0 aliphatic carbocycles. The highest BCUT2D eigenvalue weighted by Gasteiger charge is 2.25. The van der Waals surface area contributed by atoms with Crippen LogP contribution in [0, 0.1) is 0 Å². The number of benzene rings is 1. The summed E-state index contributed by atoms with van der Waals surface area (Å²) in [6.45, 7) is 0. The van der Waals surface area contributed by atoms with Crippen molar-refractivity contribution in [3.8, 4) is 0 Å². The van der Waals surface area contributed by atoms with Crippen molar-refractivity contribution in [3.63, 3.8) is 0 Å². The lowest BCUT2D eigenvalue weighted by Crippen LogP contribution is -2.34. The summed E-state index contributed by atoms with van der Waals surface area (Å²) < 4.78 is 0. The minimum Gasteiger partial charge on any atom is -0.357 e. The van der Waals surface area contributed by atoms with E-state index >= 15 is 0 Å². The van der Waals surface area contributed by atoms with Gasteiger partial charge in [0.05, 0.1) is 12.1 Å². The lowest BCUT2D eigenvalue weighted by molar-refractivity contribution is -0.125. The van der Waals surface area contributed by atoms with Crippen LogP contribution in [0.5, 0.6) is 0 Å². The van der Waals surface area contributed by atoms with Crippen LogP contribution in [0.15, 0.2) is 58.5 Å². The van der Waals surface area contributed by atoms with E-state index in [0.717, 1.165) is 22.3 Å². The third-order valence-corrected chi connectivity index (χ3v) is 3.50. The molecule has 4 rings (SSSR count). The zero-order chi connectivity index (χ0) is 14.9. The van der Waals surface area contributed by atoms with Crippen LogP contribution < -0.4 is 5.32 Å². The average molecular weight is 291 g/mol. The zero-order valence-electron chi connectivity index (χ0n) is 11.7. The van der Waals surface area contributed by atoms with Crippen LogP contribution in [0.2, 0.25) is 0 Å². The van der Waals surface area contributed by atoms with Gasteiger partial charge in [0, 0.05) is 29.8 Å². The quantitative estimate of drug-likeness (QED) is 0.845. The van der Waals surface area contributed by atoms with Gasteiger partial charge in [-0.25, -0.2) is 4.99 Å². The standard InChI is InChI=1S/C16H13N5O/c22-15-5-6-19-21(15)16-14(17-7-8-18-16)10-12-9-11-3-1-2-4-13(11)20-12/h1-4,6-10,17,20H,5H2. The molecular formula is C16H13N5O. The Bertz CT molecular complexity index is 839. The number of amides is 1. The molecule has 1 aromatic heterocycles. The van der Waals surface area contributed by atoms with E-state index in [1.54, 1.807) is 18.6 Å². The van der Waals surface area contributed by atoms with Crippen molar-refractivity contribution < 1.29 is 4.79 Å². The Morgan fingerprint density at radius 2 is 2.18 bits per heavy atom. The molecule has 0 radical (unpaired) electrons. The lowest BCUT2D eigenvalue weighted by atomic mass is 10.2. The lowest BCUT2D eigenvalue weighted by Gasteiger charge is -2.19. The van der Waals surface area contributed by atoms with Crippen molar-refractivity contribution >= 4 is 34.9 Å². The largest absolute Gasteiger partial charge is 0.357 e. The predicted octanol–water partition coefficient (Wildman–Crippen LogP) is 2.20. The summed E-state index contributed by atoms with van der Waals surface area (Å²) in [5.41, 5.74) is 2.72. The van der Waals surface area contributed by atoms with Gasteiger partial charge in [0.2, 0.25) is 0 Å². The molecule has 0 atom stereocenters. The van der Waals surface area contributed by atoms with Gasteiger partial charge in [0.25, 0.3) is 5.91 Å². The summed E-state index contributed by atoms with van der Waals surface area (Å²) in [6.07, 6.45) is 7.15. The number of hydrazone groups is 1. The number of aliphatic imine (C=N–C) groups is 1. The van der Waals surface area contributed by atoms with Crippen molar-refractivity contribution in [2.24, 2.45) is 10.1 Å². The van der Waals surface area contributed by atoms with E-state index in [9.17, 15) is 4.79 Å². The first kappa shape index (κ1) is 12.6. The number of carbonyl (C=O) groups is 1. The molecule has 3 heterocycles. The molecule has 0 fully saturated rings. The van der Waals surface area contributed by atoms with Gasteiger partial charge in [0.1, 0.15) is 0 Å². The highest BCUT2D eigenvalue weighted by atomic mass is 16.2. The van der Waals surface area contributed by atoms with Crippen LogP contribution in [0.4, 0.5) is 0 Å². The number of nitrogens with one attached hydrogen (secondary N) is 2. The molecule has 2 aliphatic rings. The maximum Gasteiger partial charge on any atom is 0.254 e. The van der Waals surface area contributed by atoms with Gasteiger partial charge < -0.3 is 10.3 Å². The first-order chi connectivity index (χ1) is 10.8. The van der Waals surface area contributed by atoms with Gasteiger partial charge >= 0.3 is 0 Å². The Balaban J connectivity index is 1.73. The van der Waals surface area contributed by atoms with Crippen LogP contribution in [0.3, 0.4) is 0 Å². The number of aromatic amines is 1. The number of rotatable bonds is 1. The highest BCUT2D eigenvalue weighted by Crippen LogP contribution is 2.19. The van der Waals surface area contributed by atoms with E-state index in [0.29, 0.717) is 12.3 Å². The number of aromatic nitrogens is 1. The van der Waals surface area contributed by atoms with Crippen LogP contribution in [0.25, 0.3) is 17.0 Å². The molecule has 0 saturated heterocycles. The minimum absolute atomic E-state index is 0.0848. The Hall–Kier alpha value is -3.15. The van der Waals surface area contributed by atoms with Gasteiger partial charge in [-0.2, -0.15) is 10.1 Å². The fourth-order valence-corrected chi connectivity index (χ4v) is 2.50. The highest BCUT2D eigenvalue weighted by molar-refractivity contribution is 6.14. The van der Waals surface area contributed by atoms with Gasteiger partial charge in [-0.3, -0.25) is 4.79 Å². The maximum absolute atomic E-state index is 11.8. The van der Waals surface area contributed by atoms with E-state index in [-0.39, 0.29) is 5.91 Å². The van der Waals surface area contributed by atoms with Gasteiger partial charge in [-0.1, -0.05) is 18.2 Å². The summed E-state index contributed by atoms with van der Waals surface area (Å²) in [5.74, 6) is 0.415. The van der Waals surface area contributed by atoms with E-state index in [2.05, 4.69) is 26.5 Å². The van der Waals surface area contributed by atoms with Crippen molar-refractivity contribution in [1.29, 1.82) is 0 Å². The topological polar surface area (TPSA) is 72.8 Å². The maximum atomic E-state index is 11.8. The number of fused-ring (bicyclic) bond motifs is 1. The first-order valence-corrected chi connectivity index (χ1v) is 6.96. The van der Waals surface area contributed by atoms with E-state index in [4.69, 9.17) is 0 Å². The van der Waals surface area contributed by atoms with Gasteiger partial charge in [0.15, 0.2) is 5.84 Å². The number of nitrogens with zero attached hydrogens (tertiary/aromatic N) is 3. The molecule has 2 N–H and O–H groups in total. The second kappa shape index (κ2) is 5.00. The van der Waals surface area contributed by atoms with Crippen LogP contribution in [0.1, 0.15) is 12.1 Å². The molecule has 108 valence electrons. The summed E-state index contributed by atoms with van der Waals surface area (Å²) in [4.78, 5) is 19.4. The smallest absolute Gasteiger partial charge is 0.254 e. The van der Waals surface area contributed by atoms with E-state index in [1.165, 1.54) is 5.01 Å². The first-order valence-electron chi connectivity index (χ1n) is 6.96. The predicted molar refractivity (Wildman–Crippen MR) is 85.9 cm³/mol. The second-order valence-corrected chi connectivity index (χ2v) is 4.99. The Morgan fingerprint density at radius 3 is 3.00 bits per heavy atom. The summed E-state index contributed by atoms with van der Waals surface area (Å²) in [5, 5.41) is 9.66. The van der Waals surface area contributed by atoms with Crippen LogP contribution in [-0.2, 0) is 4.79 Å². The molecular weight excluding hydrogens is 278 g/mol. The van der Waals surface area contributed by atoms with Crippen LogP contribution >= 0.6 is 0 Å². The number of H-pyrrole nitrogens is 1. The van der Waals surface area contributed by atoms with E-state index in [1.807, 2.05) is 30.3 Å². The number of hydrogen-bond acceptors (Lipinski definition) is 4. The fraction of sp³-hybridized carbons (Fsp3) is 0.0625. The minimum atomic E-state index is -0.0848. The Labute approximate surface area is 126 Å². The van der Waals surface area contributed by atoms with Crippen molar-refractivity contribution in [3.05, 3.63) is 54.1 Å². The molecule has 0 bridgehead atoms. The second-order valence-electron chi connectivity index (χ2n) is 4.99. The normalized spacial score (nSPS) is 19.1. The Morgan fingerprint density at radius 1 is 1.27 bits per heavy atom. The Kier molecular flexibility index (Phi) is 2.86. The molecule has 2 aliphatic heterocycles. The van der Waals surface area contributed by atoms with Gasteiger partial charge in [-0.05, 0) is 23.6 Å². The monoisotopic (exact) mass is 291 g/mol. The summed E-state index contributed by atoms with van der Waals surface area (Å²) >= 11 is 0. The molecule has 6 nitrogen and oxygen atoms in total. The van der Waals surface area contributed by atoms with Crippen molar-refractivity contribution in [2.75, 3.05) is 0 Å². The fourth-order valence-electron chi connectivity index (χ4n) is 2.50.